The molecule has 0 aliphatic heterocycles. The SMILES string of the molecule is CCc1ccc(CNC(=NCC(=O)N(C)C)NC(C)CC)s1.I. The number of hydrogen-bond donors (Lipinski definition) is 2. The molecule has 2 N–H and O–H groups in total. The minimum Gasteiger partial charge on any atom is -0.354 e. The van der Waals surface area contributed by atoms with Gasteiger partial charge < -0.3 is 15.5 Å². The molecule has 7 heteroatoms. The Morgan fingerprint density at radius 1 is 1.30 bits per heavy atom. The number of thiophene rings is 1. The zero-order valence-corrected chi connectivity index (χ0v) is 17.8. The predicted octanol–water partition coefficient (Wildman–Crippen LogP) is 2.85. The molecule has 0 spiro atoms. The molecule has 0 bridgehead atoms. The monoisotopic (exact) mass is 452 g/mol. The number of guanidine groups is 1. The average molecular weight is 452 g/mol. The number of nitrogens with one attached hydrogen (secondary N) is 2. The van der Waals surface area contributed by atoms with Crippen molar-refractivity contribution >= 4 is 47.2 Å². The number of aryl methyl sites for hydroxylation is 1. The number of likely N-dealkylation sites (N-methyl/N-ethyl adjacent to an activating group) is 1. The average Bonchev–Trinajstić information content (AvgIpc) is 2.97. The van der Waals surface area contributed by atoms with Crippen molar-refractivity contribution in [3.63, 3.8) is 0 Å². The second kappa shape index (κ2) is 11.7. The Bertz CT molecular complexity index is 502. The Hall–Kier alpha value is -0.830. The molecule has 132 valence electrons. The highest BCUT2D eigenvalue weighted by atomic mass is 127. The zero-order chi connectivity index (χ0) is 16.5. The number of hydrogen-bond acceptors (Lipinski definition) is 3. The van der Waals surface area contributed by atoms with Crippen molar-refractivity contribution in [3.8, 4) is 0 Å². The molecule has 0 aromatic carbocycles. The summed E-state index contributed by atoms with van der Waals surface area (Å²) in [6.07, 6.45) is 2.06. The molecule has 1 unspecified atom stereocenters. The molecule has 23 heavy (non-hydrogen) atoms. The molecule has 1 heterocycles. The highest BCUT2D eigenvalue weighted by molar-refractivity contribution is 14.0. The second-order valence-corrected chi connectivity index (χ2v) is 6.73. The van der Waals surface area contributed by atoms with Gasteiger partial charge >= 0.3 is 0 Å². The number of rotatable bonds is 7. The fourth-order valence-corrected chi connectivity index (χ4v) is 2.55. The van der Waals surface area contributed by atoms with Crippen LogP contribution in [0.1, 0.15) is 36.9 Å². The summed E-state index contributed by atoms with van der Waals surface area (Å²) in [6.45, 7) is 7.26. The van der Waals surface area contributed by atoms with Crippen molar-refractivity contribution in [2.45, 2.75) is 46.2 Å². The van der Waals surface area contributed by atoms with E-state index < -0.39 is 0 Å². The normalized spacial score (nSPS) is 12.3. The molecule has 0 saturated carbocycles. The lowest BCUT2D eigenvalue weighted by atomic mass is 10.3. The van der Waals surface area contributed by atoms with Crippen LogP contribution in [0.25, 0.3) is 0 Å². The molecule has 0 radical (unpaired) electrons. The maximum atomic E-state index is 11.7. The van der Waals surface area contributed by atoms with Crippen molar-refractivity contribution in [2.24, 2.45) is 4.99 Å². The molecule has 0 saturated heterocycles. The molecule has 0 fully saturated rings. The molecular formula is C16H29IN4OS. The van der Waals surface area contributed by atoms with Crippen LogP contribution in [-0.4, -0.2) is 43.4 Å². The van der Waals surface area contributed by atoms with Crippen molar-refractivity contribution < 1.29 is 4.79 Å². The summed E-state index contributed by atoms with van der Waals surface area (Å²) in [4.78, 5) is 20.3. The van der Waals surface area contributed by atoms with Gasteiger partial charge in [0.05, 0.1) is 6.54 Å². The Kier molecular flexibility index (Phi) is 11.2. The summed E-state index contributed by atoms with van der Waals surface area (Å²) in [5.74, 6) is 0.686. The lowest BCUT2D eigenvalue weighted by Gasteiger charge is -2.17. The first-order chi connectivity index (χ1) is 10.5. The van der Waals surface area contributed by atoms with E-state index in [1.807, 2.05) is 11.3 Å². The Morgan fingerprint density at radius 3 is 2.48 bits per heavy atom. The van der Waals surface area contributed by atoms with Gasteiger partial charge in [-0.2, -0.15) is 0 Å². The van der Waals surface area contributed by atoms with Gasteiger partial charge in [0.25, 0.3) is 0 Å². The maximum Gasteiger partial charge on any atom is 0.243 e. The van der Waals surface area contributed by atoms with Gasteiger partial charge in [-0.25, -0.2) is 4.99 Å². The Morgan fingerprint density at radius 2 is 1.96 bits per heavy atom. The van der Waals surface area contributed by atoms with E-state index in [9.17, 15) is 4.79 Å². The van der Waals surface area contributed by atoms with Gasteiger partial charge in [-0.1, -0.05) is 13.8 Å². The van der Waals surface area contributed by atoms with E-state index in [1.165, 1.54) is 9.75 Å². The minimum atomic E-state index is -0.00496. The highest BCUT2D eigenvalue weighted by Gasteiger charge is 2.07. The summed E-state index contributed by atoms with van der Waals surface area (Å²) >= 11 is 1.81. The molecular weight excluding hydrogens is 423 g/mol. The quantitative estimate of drug-likeness (QED) is 0.380. The summed E-state index contributed by atoms with van der Waals surface area (Å²) in [7, 11) is 3.48. The molecule has 5 nitrogen and oxygen atoms in total. The Labute approximate surface area is 161 Å². The van der Waals surface area contributed by atoms with Crippen LogP contribution >= 0.6 is 35.3 Å². The van der Waals surface area contributed by atoms with Gasteiger partial charge in [0.15, 0.2) is 5.96 Å². The summed E-state index contributed by atoms with van der Waals surface area (Å²) in [5, 5.41) is 6.64. The molecule has 0 aliphatic rings. The van der Waals surface area contributed by atoms with Crippen LogP contribution in [0.2, 0.25) is 0 Å². The molecule has 1 aromatic rings. The van der Waals surface area contributed by atoms with Crippen molar-refractivity contribution in [1.82, 2.24) is 15.5 Å². The van der Waals surface area contributed by atoms with E-state index in [4.69, 9.17) is 0 Å². The van der Waals surface area contributed by atoms with E-state index in [2.05, 4.69) is 48.5 Å². The number of carbonyl (C=O) groups excluding carboxylic acids is 1. The summed E-state index contributed by atoms with van der Waals surface area (Å²) < 4.78 is 0. The number of nitrogens with zero attached hydrogens (tertiary/aromatic N) is 2. The first kappa shape index (κ1) is 22.2. The largest absolute Gasteiger partial charge is 0.354 e. The van der Waals surface area contributed by atoms with Gasteiger partial charge in [-0.15, -0.1) is 35.3 Å². The third-order valence-corrected chi connectivity index (χ3v) is 4.59. The minimum absolute atomic E-state index is 0. The molecule has 1 aromatic heterocycles. The number of aliphatic imine (C=N–C) groups is 1. The maximum absolute atomic E-state index is 11.7. The topological polar surface area (TPSA) is 56.7 Å². The molecule has 1 atom stereocenters. The van der Waals surface area contributed by atoms with E-state index in [0.29, 0.717) is 12.0 Å². The smallest absolute Gasteiger partial charge is 0.243 e. The lowest BCUT2D eigenvalue weighted by Crippen LogP contribution is -2.42. The van der Waals surface area contributed by atoms with Crippen LogP contribution in [0.5, 0.6) is 0 Å². The standard InChI is InChI=1S/C16H28N4OS.HI/c1-6-12(3)19-16(18-11-15(21)20(4)5)17-10-14-9-8-13(7-2)22-14;/h8-9,12H,6-7,10-11H2,1-5H3,(H2,17,18,19);1H. The predicted molar refractivity (Wildman–Crippen MR) is 110 cm³/mol. The summed E-state index contributed by atoms with van der Waals surface area (Å²) in [6, 6.07) is 4.62. The third kappa shape index (κ3) is 8.55. The molecule has 1 amide bonds. The summed E-state index contributed by atoms with van der Waals surface area (Å²) in [5.41, 5.74) is 0. The number of carbonyl (C=O) groups is 1. The van der Waals surface area contributed by atoms with E-state index in [0.717, 1.165) is 19.4 Å². The van der Waals surface area contributed by atoms with Crippen LogP contribution in [-0.2, 0) is 17.8 Å². The van der Waals surface area contributed by atoms with Crippen molar-refractivity contribution in [1.29, 1.82) is 0 Å². The first-order valence-corrected chi connectivity index (χ1v) is 8.60. The van der Waals surface area contributed by atoms with E-state index >= 15 is 0 Å². The highest BCUT2D eigenvalue weighted by Crippen LogP contribution is 2.16. The van der Waals surface area contributed by atoms with Gasteiger partial charge in [0, 0.05) is 29.9 Å². The van der Waals surface area contributed by atoms with Gasteiger partial charge in [-0.3, -0.25) is 4.79 Å². The van der Waals surface area contributed by atoms with E-state index in [-0.39, 0.29) is 36.4 Å². The lowest BCUT2D eigenvalue weighted by molar-refractivity contribution is -0.127. The van der Waals surface area contributed by atoms with Crippen LogP contribution in [0.15, 0.2) is 17.1 Å². The number of halogens is 1. The molecule has 0 aliphatic carbocycles. The van der Waals surface area contributed by atoms with Crippen LogP contribution < -0.4 is 10.6 Å². The zero-order valence-electron chi connectivity index (χ0n) is 14.7. The Balaban J connectivity index is 0.00000484. The fourth-order valence-electron chi connectivity index (χ4n) is 1.65. The van der Waals surface area contributed by atoms with Gasteiger partial charge in [-0.05, 0) is 31.9 Å². The van der Waals surface area contributed by atoms with Gasteiger partial charge in [0.2, 0.25) is 5.91 Å². The van der Waals surface area contributed by atoms with Gasteiger partial charge in [0.1, 0.15) is 6.54 Å². The van der Waals surface area contributed by atoms with Crippen molar-refractivity contribution in [2.75, 3.05) is 20.6 Å². The fraction of sp³-hybridized carbons (Fsp3) is 0.625. The first-order valence-electron chi connectivity index (χ1n) is 7.78. The van der Waals surface area contributed by atoms with E-state index in [1.54, 1.807) is 19.0 Å². The van der Waals surface area contributed by atoms with Crippen LogP contribution in [0.4, 0.5) is 0 Å². The van der Waals surface area contributed by atoms with Crippen LogP contribution in [0, 0.1) is 0 Å². The van der Waals surface area contributed by atoms with Crippen molar-refractivity contribution in [3.05, 3.63) is 21.9 Å². The number of amides is 1. The second-order valence-electron chi connectivity index (χ2n) is 5.48. The molecule has 1 rings (SSSR count). The van der Waals surface area contributed by atoms with Crippen LogP contribution in [0.3, 0.4) is 0 Å². The third-order valence-electron chi connectivity index (χ3n) is 3.36.